The number of halogens is 1. The minimum absolute atomic E-state index is 0.294. The van der Waals surface area contributed by atoms with Gasteiger partial charge in [-0.3, -0.25) is 9.48 Å². The Hall–Kier alpha value is -0.560. The Labute approximate surface area is 88.7 Å². The molecule has 0 radical (unpaired) electrons. The van der Waals surface area contributed by atoms with Gasteiger partial charge in [0.05, 0.1) is 5.69 Å². The van der Waals surface area contributed by atoms with E-state index in [0.29, 0.717) is 11.0 Å². The Morgan fingerprint density at radius 3 is 2.85 bits per heavy atom. The van der Waals surface area contributed by atoms with Crippen LogP contribution in [0.3, 0.4) is 0 Å². The van der Waals surface area contributed by atoms with E-state index in [4.69, 9.17) is 5.11 Å². The van der Waals surface area contributed by atoms with Crippen LogP contribution in [0.25, 0.3) is 0 Å². The maximum atomic E-state index is 10.5. The summed E-state index contributed by atoms with van der Waals surface area (Å²) in [5, 5.41) is 15.3. The Kier molecular flexibility index (Phi) is 3.32. The normalized spacial score (nSPS) is 12.8. The molecular weight excluding hydrogens is 258 g/mol. The average Bonchev–Trinajstić information content (AvgIpc) is 2.35. The van der Waals surface area contributed by atoms with Crippen molar-refractivity contribution in [3.05, 3.63) is 10.3 Å². The van der Waals surface area contributed by atoms with Crippen molar-refractivity contribution in [1.29, 1.82) is 0 Å². The molecule has 1 rings (SSSR count). The van der Waals surface area contributed by atoms with Gasteiger partial charge in [-0.05, 0) is 15.9 Å². The average molecular weight is 266 g/mol. The fourth-order valence-electron chi connectivity index (χ4n) is 0.838. The molecule has 1 aromatic heterocycles. The number of thiol groups is 1. The molecule has 0 saturated carbocycles. The van der Waals surface area contributed by atoms with E-state index in [2.05, 4.69) is 38.9 Å². The third kappa shape index (κ3) is 2.44. The first-order valence-electron chi connectivity index (χ1n) is 3.47. The van der Waals surface area contributed by atoms with E-state index in [1.165, 1.54) is 4.68 Å². The van der Waals surface area contributed by atoms with E-state index in [0.717, 1.165) is 5.69 Å². The Balaban J connectivity index is 2.79. The molecule has 7 heteroatoms. The first-order valence-corrected chi connectivity index (χ1v) is 4.78. The summed E-state index contributed by atoms with van der Waals surface area (Å²) >= 11 is 7.09. The highest BCUT2D eigenvalue weighted by atomic mass is 79.9. The van der Waals surface area contributed by atoms with Crippen LogP contribution < -0.4 is 0 Å². The van der Waals surface area contributed by atoms with Gasteiger partial charge in [-0.15, -0.1) is 5.10 Å². The van der Waals surface area contributed by atoms with E-state index in [-0.39, 0.29) is 0 Å². The number of carboxylic acid groups (broad SMARTS) is 1. The number of aromatic nitrogens is 3. The molecule has 1 aromatic rings. The molecule has 1 atom stereocenters. The van der Waals surface area contributed by atoms with E-state index < -0.39 is 11.2 Å². The number of hydrogen-bond acceptors (Lipinski definition) is 4. The maximum absolute atomic E-state index is 10.5. The monoisotopic (exact) mass is 265 g/mol. The standard InChI is InChI=1S/C6H8BrN3O2S/c1-10-3(5(7)8-9-10)2-4(13)6(11)12/h4,13H,2H2,1H3,(H,11,12). The number of aryl methyl sites for hydroxylation is 1. The molecule has 72 valence electrons. The van der Waals surface area contributed by atoms with Crippen molar-refractivity contribution in [2.45, 2.75) is 11.7 Å². The number of hydrogen-bond donors (Lipinski definition) is 2. The lowest BCUT2D eigenvalue weighted by atomic mass is 10.2. The molecule has 1 unspecified atom stereocenters. The van der Waals surface area contributed by atoms with Crippen LogP contribution in [0, 0.1) is 0 Å². The van der Waals surface area contributed by atoms with Crippen LogP contribution in [0.4, 0.5) is 0 Å². The summed E-state index contributed by atoms with van der Waals surface area (Å²) in [6.45, 7) is 0. The van der Waals surface area contributed by atoms with Gasteiger partial charge in [0.15, 0.2) is 4.60 Å². The van der Waals surface area contributed by atoms with Crippen molar-refractivity contribution < 1.29 is 9.90 Å². The van der Waals surface area contributed by atoms with Gasteiger partial charge in [-0.25, -0.2) is 0 Å². The SMILES string of the molecule is Cn1nnc(Br)c1CC(S)C(=O)O. The number of carbonyl (C=O) groups is 1. The fourth-order valence-corrected chi connectivity index (χ4v) is 1.50. The molecule has 1 heterocycles. The zero-order valence-electron chi connectivity index (χ0n) is 6.81. The molecular formula is C6H8BrN3O2S. The molecule has 0 aliphatic rings. The van der Waals surface area contributed by atoms with Crippen LogP contribution in [0.2, 0.25) is 0 Å². The summed E-state index contributed by atoms with van der Waals surface area (Å²) in [6.07, 6.45) is 0.294. The summed E-state index contributed by atoms with van der Waals surface area (Å²) in [4.78, 5) is 10.5. The lowest BCUT2D eigenvalue weighted by Crippen LogP contribution is -2.18. The lowest BCUT2D eigenvalue weighted by Gasteiger charge is -2.04. The molecule has 0 bridgehead atoms. The highest BCUT2D eigenvalue weighted by Crippen LogP contribution is 2.15. The number of nitrogens with zero attached hydrogens (tertiary/aromatic N) is 3. The van der Waals surface area contributed by atoms with Crippen molar-refractivity contribution in [3.63, 3.8) is 0 Å². The van der Waals surface area contributed by atoms with Crippen LogP contribution >= 0.6 is 28.6 Å². The predicted octanol–water partition coefficient (Wildman–Crippen LogP) is 0.503. The quantitative estimate of drug-likeness (QED) is 0.782. The van der Waals surface area contributed by atoms with Crippen LogP contribution in [-0.4, -0.2) is 31.3 Å². The minimum Gasteiger partial charge on any atom is -0.480 e. The van der Waals surface area contributed by atoms with Crippen molar-refractivity contribution in [3.8, 4) is 0 Å². The van der Waals surface area contributed by atoms with Crippen molar-refractivity contribution in [2.75, 3.05) is 0 Å². The van der Waals surface area contributed by atoms with Crippen molar-refractivity contribution in [1.82, 2.24) is 15.0 Å². The summed E-state index contributed by atoms with van der Waals surface area (Å²) in [7, 11) is 1.70. The molecule has 0 aliphatic heterocycles. The van der Waals surface area contributed by atoms with E-state index in [1.807, 2.05) is 0 Å². The van der Waals surface area contributed by atoms with E-state index in [9.17, 15) is 4.79 Å². The van der Waals surface area contributed by atoms with Crippen molar-refractivity contribution >= 4 is 34.5 Å². The van der Waals surface area contributed by atoms with Crippen LogP contribution in [0.5, 0.6) is 0 Å². The third-order valence-corrected chi connectivity index (χ3v) is 2.59. The van der Waals surface area contributed by atoms with E-state index >= 15 is 0 Å². The van der Waals surface area contributed by atoms with Gasteiger partial charge in [-0.1, -0.05) is 5.21 Å². The zero-order valence-corrected chi connectivity index (χ0v) is 9.29. The summed E-state index contributed by atoms with van der Waals surface area (Å²) in [5.74, 6) is -0.948. The highest BCUT2D eigenvalue weighted by Gasteiger charge is 2.17. The van der Waals surface area contributed by atoms with Gasteiger partial charge in [0.1, 0.15) is 5.25 Å². The number of rotatable bonds is 3. The third-order valence-electron chi connectivity index (χ3n) is 1.57. The Morgan fingerprint density at radius 2 is 2.46 bits per heavy atom. The first-order chi connectivity index (χ1) is 6.02. The predicted molar refractivity (Wildman–Crippen MR) is 52.8 cm³/mol. The molecule has 0 amide bonds. The molecule has 0 saturated heterocycles. The topological polar surface area (TPSA) is 68.0 Å². The molecule has 0 spiro atoms. The van der Waals surface area contributed by atoms with Gasteiger partial charge in [0.2, 0.25) is 0 Å². The number of aliphatic carboxylic acids is 1. The van der Waals surface area contributed by atoms with Crippen molar-refractivity contribution in [2.24, 2.45) is 7.05 Å². The molecule has 5 nitrogen and oxygen atoms in total. The fraction of sp³-hybridized carbons (Fsp3) is 0.500. The molecule has 0 aliphatic carbocycles. The van der Waals surface area contributed by atoms with E-state index in [1.54, 1.807) is 7.05 Å². The second-order valence-electron chi connectivity index (χ2n) is 2.51. The minimum atomic E-state index is -0.948. The van der Waals surface area contributed by atoms with Crippen LogP contribution in [0.15, 0.2) is 4.60 Å². The van der Waals surface area contributed by atoms with Gasteiger partial charge in [0, 0.05) is 13.5 Å². The van der Waals surface area contributed by atoms with Gasteiger partial charge >= 0.3 is 5.97 Å². The Morgan fingerprint density at radius 1 is 1.85 bits per heavy atom. The lowest BCUT2D eigenvalue weighted by molar-refractivity contribution is -0.136. The first kappa shape index (κ1) is 10.5. The van der Waals surface area contributed by atoms with Crippen LogP contribution in [0.1, 0.15) is 5.69 Å². The number of carboxylic acids is 1. The summed E-state index contributed by atoms with van der Waals surface area (Å²) in [5.41, 5.74) is 0.724. The van der Waals surface area contributed by atoms with Gasteiger partial charge in [-0.2, -0.15) is 12.6 Å². The second kappa shape index (κ2) is 4.10. The van der Waals surface area contributed by atoms with Gasteiger partial charge < -0.3 is 5.11 Å². The Bertz CT molecular complexity index is 308. The zero-order chi connectivity index (χ0) is 10.0. The summed E-state index contributed by atoms with van der Waals surface area (Å²) in [6, 6.07) is 0. The van der Waals surface area contributed by atoms with Crippen LogP contribution in [-0.2, 0) is 18.3 Å². The highest BCUT2D eigenvalue weighted by molar-refractivity contribution is 9.10. The summed E-state index contributed by atoms with van der Waals surface area (Å²) < 4.78 is 2.09. The molecule has 1 N–H and O–H groups in total. The van der Waals surface area contributed by atoms with Gasteiger partial charge in [0.25, 0.3) is 0 Å². The molecule has 0 fully saturated rings. The smallest absolute Gasteiger partial charge is 0.316 e. The molecule has 0 aromatic carbocycles. The maximum Gasteiger partial charge on any atom is 0.316 e. The largest absolute Gasteiger partial charge is 0.480 e. The second-order valence-corrected chi connectivity index (χ2v) is 3.88. The molecule has 13 heavy (non-hydrogen) atoms.